The van der Waals surface area contributed by atoms with Gasteiger partial charge in [-0.1, -0.05) is 0 Å². The Hall–Kier alpha value is 0.532. The van der Waals surface area contributed by atoms with Crippen molar-refractivity contribution in [2.45, 2.75) is 88.6 Å². The van der Waals surface area contributed by atoms with E-state index in [1.807, 2.05) is 0 Å². The van der Waals surface area contributed by atoms with Crippen LogP contribution in [0.25, 0.3) is 0 Å². The smallest absolute Gasteiger partial charge is 1.00 e. The standard InChI is InChI=1S/2C7H15.Al.H/c2*1-4-5-6-7(2)3;;/h2*4-6H2,1-3H3;;/q;;+1;-1. The van der Waals surface area contributed by atoms with Crippen molar-refractivity contribution in [3.63, 3.8) is 0 Å². The van der Waals surface area contributed by atoms with Crippen LogP contribution in [0.2, 0.25) is 8.55 Å². The SMILES string of the molecule is CCCC[C](C)(C)[Al+][C](C)(C)CCCC.[H-]. The molecule has 0 unspecified atom stereocenters. The first-order chi connectivity index (χ1) is 6.83. The van der Waals surface area contributed by atoms with E-state index in [2.05, 4.69) is 41.5 Å². The predicted octanol–water partition coefficient (Wildman–Crippen LogP) is 5.58. The Balaban J connectivity index is 0. The third kappa shape index (κ3) is 8.35. The van der Waals surface area contributed by atoms with E-state index in [1.54, 1.807) is 0 Å². The van der Waals surface area contributed by atoms with Crippen molar-refractivity contribution >= 4 is 15.2 Å². The normalized spacial score (nSPS) is 12.7. The molecular formula is C14H31Al. The van der Waals surface area contributed by atoms with Gasteiger partial charge in [0.25, 0.3) is 0 Å². The maximum atomic E-state index is 2.48. The van der Waals surface area contributed by atoms with Crippen molar-refractivity contribution in [1.29, 1.82) is 0 Å². The maximum Gasteiger partial charge on any atom is -1.00 e. The van der Waals surface area contributed by atoms with Crippen LogP contribution in [0, 0.1) is 0 Å². The van der Waals surface area contributed by atoms with E-state index < -0.39 is 0 Å². The van der Waals surface area contributed by atoms with Crippen molar-refractivity contribution in [2.24, 2.45) is 0 Å². The molecule has 0 atom stereocenters. The third-order valence-corrected chi connectivity index (χ3v) is 5.27. The van der Waals surface area contributed by atoms with Gasteiger partial charge in [0.15, 0.2) is 0 Å². The number of unbranched alkanes of at least 4 members (excludes halogenated alkanes) is 2. The molecular weight excluding hydrogens is 195 g/mol. The molecule has 0 aromatic carbocycles. The monoisotopic (exact) mass is 226 g/mol. The molecule has 0 amide bonds. The molecule has 0 fully saturated rings. The van der Waals surface area contributed by atoms with Gasteiger partial charge in [0, 0.05) is 0 Å². The van der Waals surface area contributed by atoms with Crippen LogP contribution >= 0.6 is 0 Å². The largest absolute Gasteiger partial charge is 1.00 e. The quantitative estimate of drug-likeness (QED) is 0.474. The van der Waals surface area contributed by atoms with Crippen LogP contribution in [-0.2, 0) is 0 Å². The molecule has 1 heteroatoms. The molecule has 0 saturated heterocycles. The van der Waals surface area contributed by atoms with Gasteiger partial charge in [-0.2, -0.15) is 0 Å². The van der Waals surface area contributed by atoms with Crippen molar-refractivity contribution < 1.29 is 1.43 Å². The first-order valence-electron chi connectivity index (χ1n) is 6.70. The molecule has 0 aliphatic rings. The van der Waals surface area contributed by atoms with E-state index in [0.29, 0.717) is 23.8 Å². The zero-order chi connectivity index (χ0) is 11.9. The second-order valence-corrected chi connectivity index (χ2v) is 9.74. The van der Waals surface area contributed by atoms with Crippen molar-refractivity contribution in [2.75, 3.05) is 0 Å². The summed E-state index contributed by atoms with van der Waals surface area (Å²) in [5.41, 5.74) is 0. The second-order valence-electron chi connectivity index (χ2n) is 6.33. The van der Waals surface area contributed by atoms with E-state index in [9.17, 15) is 0 Å². The van der Waals surface area contributed by atoms with E-state index in [4.69, 9.17) is 0 Å². The molecule has 15 heavy (non-hydrogen) atoms. The summed E-state index contributed by atoms with van der Waals surface area (Å²) in [6.07, 6.45) is 8.35. The minimum absolute atomic E-state index is 0. The number of hydrogen-bond donors (Lipinski definition) is 0. The van der Waals surface area contributed by atoms with Crippen LogP contribution in [0.5, 0.6) is 0 Å². The van der Waals surface area contributed by atoms with Gasteiger partial charge in [0.2, 0.25) is 0 Å². The molecule has 90 valence electrons. The summed E-state index contributed by atoms with van der Waals surface area (Å²) in [6, 6.07) is 0. The average molecular weight is 226 g/mol. The Morgan fingerprint density at radius 2 is 1.13 bits per heavy atom. The molecule has 0 aliphatic heterocycles. The van der Waals surface area contributed by atoms with E-state index in [0.717, 1.165) is 0 Å². The summed E-state index contributed by atoms with van der Waals surface area (Å²) in [6.45, 7) is 14.5. The van der Waals surface area contributed by atoms with Crippen LogP contribution in [0.1, 0.15) is 81.5 Å². The summed E-state index contributed by atoms with van der Waals surface area (Å²) in [5, 5.41) is 0. The van der Waals surface area contributed by atoms with Crippen molar-refractivity contribution in [3.05, 3.63) is 0 Å². The Labute approximate surface area is 105 Å². The van der Waals surface area contributed by atoms with Crippen LogP contribution in [0.15, 0.2) is 0 Å². The van der Waals surface area contributed by atoms with Gasteiger partial charge in [-0.25, -0.2) is 0 Å². The van der Waals surface area contributed by atoms with Crippen LogP contribution < -0.4 is 0 Å². The van der Waals surface area contributed by atoms with E-state index in [-0.39, 0.29) is 1.43 Å². The minimum atomic E-state index is 0. The van der Waals surface area contributed by atoms with Crippen molar-refractivity contribution in [3.8, 4) is 0 Å². The molecule has 0 heterocycles. The fourth-order valence-corrected chi connectivity index (χ4v) is 5.28. The topological polar surface area (TPSA) is 0 Å². The maximum absolute atomic E-state index is 2.48. The Morgan fingerprint density at radius 1 is 0.800 bits per heavy atom. The first-order valence-corrected chi connectivity index (χ1v) is 7.85. The molecule has 0 aromatic rings. The minimum Gasteiger partial charge on any atom is -1.00 e. The molecule has 0 radical (unpaired) electrons. The molecule has 0 spiro atoms. The summed E-state index contributed by atoms with van der Waals surface area (Å²) >= 11 is 0.566. The zero-order valence-electron chi connectivity index (χ0n) is 12.8. The first kappa shape index (κ1) is 15.5. The van der Waals surface area contributed by atoms with E-state index >= 15 is 0 Å². The number of hydrogen-bond acceptors (Lipinski definition) is 0. The summed E-state index contributed by atoms with van der Waals surface area (Å²) < 4.78 is 1.24. The molecule has 0 aliphatic carbocycles. The molecule has 0 nitrogen and oxygen atoms in total. The fourth-order valence-electron chi connectivity index (χ4n) is 2.47. The van der Waals surface area contributed by atoms with Gasteiger partial charge in [0.1, 0.15) is 0 Å². The zero-order valence-corrected chi connectivity index (χ0v) is 13.0. The predicted molar refractivity (Wildman–Crippen MR) is 74.0 cm³/mol. The second kappa shape index (κ2) is 6.98. The van der Waals surface area contributed by atoms with Gasteiger partial charge in [-0.05, 0) is 0 Å². The van der Waals surface area contributed by atoms with Crippen LogP contribution in [-0.4, -0.2) is 15.2 Å². The average Bonchev–Trinajstić information content (AvgIpc) is 2.10. The van der Waals surface area contributed by atoms with Crippen LogP contribution in [0.3, 0.4) is 0 Å². The van der Waals surface area contributed by atoms with Crippen LogP contribution in [0.4, 0.5) is 0 Å². The van der Waals surface area contributed by atoms with E-state index in [1.165, 1.54) is 38.5 Å². The summed E-state index contributed by atoms with van der Waals surface area (Å²) in [7, 11) is 0. The molecule has 0 rings (SSSR count). The third-order valence-electron chi connectivity index (χ3n) is 3.13. The van der Waals surface area contributed by atoms with Gasteiger partial charge in [-0.3, -0.25) is 0 Å². The van der Waals surface area contributed by atoms with Gasteiger partial charge < -0.3 is 1.43 Å². The summed E-state index contributed by atoms with van der Waals surface area (Å²) in [5.74, 6) is 0. The molecule has 0 aromatic heterocycles. The fraction of sp³-hybridized carbons (Fsp3) is 1.00. The van der Waals surface area contributed by atoms with Gasteiger partial charge >= 0.3 is 104 Å². The van der Waals surface area contributed by atoms with Crippen molar-refractivity contribution in [1.82, 2.24) is 0 Å². The number of rotatable bonds is 8. The van der Waals surface area contributed by atoms with Gasteiger partial charge in [-0.15, -0.1) is 0 Å². The summed E-state index contributed by atoms with van der Waals surface area (Å²) in [4.78, 5) is 0. The molecule has 0 bridgehead atoms. The molecule has 0 saturated carbocycles. The Kier molecular flexibility index (Phi) is 7.22. The van der Waals surface area contributed by atoms with Gasteiger partial charge in [0.05, 0.1) is 0 Å². The Bertz CT molecular complexity index is 146. The molecule has 0 N–H and O–H groups in total. The Morgan fingerprint density at radius 3 is 1.40 bits per heavy atom.